The Morgan fingerprint density at radius 1 is 1.43 bits per heavy atom. The first-order valence-corrected chi connectivity index (χ1v) is 7.54. The molecule has 21 heavy (non-hydrogen) atoms. The predicted octanol–water partition coefficient (Wildman–Crippen LogP) is 2.42. The molecule has 0 bridgehead atoms. The highest BCUT2D eigenvalue weighted by Gasteiger charge is 2.11. The van der Waals surface area contributed by atoms with Gasteiger partial charge in [0.25, 0.3) is 5.22 Å². The SMILES string of the molecule is CCOc1ccc(C(C)=O)cc1CSc1nnc(CN)o1. The zero-order valence-corrected chi connectivity index (χ0v) is 12.8. The van der Waals surface area contributed by atoms with E-state index in [9.17, 15) is 4.79 Å². The summed E-state index contributed by atoms with van der Waals surface area (Å²) in [7, 11) is 0. The summed E-state index contributed by atoms with van der Waals surface area (Å²) in [5.41, 5.74) is 7.00. The Bertz CT molecular complexity index is 628. The lowest BCUT2D eigenvalue weighted by Crippen LogP contribution is -1.99. The number of nitrogens with two attached hydrogens (primary N) is 1. The van der Waals surface area contributed by atoms with E-state index >= 15 is 0 Å². The van der Waals surface area contributed by atoms with Crippen LogP contribution in [0.1, 0.15) is 35.7 Å². The molecule has 2 N–H and O–H groups in total. The van der Waals surface area contributed by atoms with Crippen molar-refractivity contribution in [1.29, 1.82) is 0 Å². The first-order chi connectivity index (χ1) is 10.1. The van der Waals surface area contributed by atoms with Gasteiger partial charge in [-0.15, -0.1) is 10.2 Å². The van der Waals surface area contributed by atoms with Crippen molar-refractivity contribution < 1.29 is 13.9 Å². The molecule has 0 unspecified atom stereocenters. The van der Waals surface area contributed by atoms with Crippen molar-refractivity contribution in [3.05, 3.63) is 35.2 Å². The van der Waals surface area contributed by atoms with E-state index in [4.69, 9.17) is 14.9 Å². The van der Waals surface area contributed by atoms with Gasteiger partial charge in [-0.3, -0.25) is 4.79 Å². The van der Waals surface area contributed by atoms with Crippen molar-refractivity contribution in [2.24, 2.45) is 5.73 Å². The predicted molar refractivity (Wildman–Crippen MR) is 79.4 cm³/mol. The number of benzene rings is 1. The molecule has 2 rings (SSSR count). The number of hydrogen-bond acceptors (Lipinski definition) is 7. The smallest absolute Gasteiger partial charge is 0.276 e. The summed E-state index contributed by atoms with van der Waals surface area (Å²) in [6, 6.07) is 5.41. The molecule has 0 atom stereocenters. The minimum Gasteiger partial charge on any atom is -0.494 e. The summed E-state index contributed by atoms with van der Waals surface area (Å²) in [5.74, 6) is 1.75. The van der Waals surface area contributed by atoms with E-state index < -0.39 is 0 Å². The molecule has 1 aromatic heterocycles. The molecule has 0 aliphatic heterocycles. The fourth-order valence-electron chi connectivity index (χ4n) is 1.73. The maximum Gasteiger partial charge on any atom is 0.276 e. The number of ketones is 1. The quantitative estimate of drug-likeness (QED) is 0.620. The molecule has 0 spiro atoms. The molecule has 2 aromatic rings. The minimum absolute atomic E-state index is 0.0208. The fourth-order valence-corrected chi connectivity index (χ4v) is 2.48. The van der Waals surface area contributed by atoms with Crippen molar-refractivity contribution in [2.75, 3.05) is 6.61 Å². The van der Waals surface area contributed by atoms with Crippen LogP contribution >= 0.6 is 11.8 Å². The van der Waals surface area contributed by atoms with Gasteiger partial charge in [-0.2, -0.15) is 0 Å². The largest absolute Gasteiger partial charge is 0.494 e. The van der Waals surface area contributed by atoms with Gasteiger partial charge in [-0.1, -0.05) is 11.8 Å². The molecular formula is C14H17N3O3S. The molecule has 1 aromatic carbocycles. The van der Waals surface area contributed by atoms with Crippen LogP contribution in [0.3, 0.4) is 0 Å². The Labute approximate surface area is 127 Å². The highest BCUT2D eigenvalue weighted by atomic mass is 32.2. The molecule has 0 fully saturated rings. The summed E-state index contributed by atoms with van der Waals surface area (Å²) in [6.45, 7) is 4.24. The number of rotatable bonds is 7. The van der Waals surface area contributed by atoms with Crippen LogP contribution in [0.25, 0.3) is 0 Å². The van der Waals surface area contributed by atoms with E-state index in [2.05, 4.69) is 10.2 Å². The number of carbonyl (C=O) groups is 1. The minimum atomic E-state index is 0.0208. The van der Waals surface area contributed by atoms with Gasteiger partial charge in [0.15, 0.2) is 5.78 Å². The molecule has 6 nitrogen and oxygen atoms in total. The number of nitrogens with zero attached hydrogens (tertiary/aromatic N) is 2. The standard InChI is InChI=1S/C14H17N3O3S/c1-3-19-12-5-4-10(9(2)18)6-11(12)8-21-14-17-16-13(7-15)20-14/h4-6H,3,7-8,15H2,1-2H3. The van der Waals surface area contributed by atoms with E-state index in [1.165, 1.54) is 18.7 Å². The third-order valence-corrected chi connectivity index (χ3v) is 3.61. The van der Waals surface area contributed by atoms with E-state index in [-0.39, 0.29) is 12.3 Å². The van der Waals surface area contributed by atoms with Crippen LogP contribution in [0.5, 0.6) is 5.75 Å². The highest BCUT2D eigenvalue weighted by Crippen LogP contribution is 2.28. The lowest BCUT2D eigenvalue weighted by molar-refractivity contribution is 0.101. The highest BCUT2D eigenvalue weighted by molar-refractivity contribution is 7.98. The summed E-state index contributed by atoms with van der Waals surface area (Å²) in [4.78, 5) is 11.5. The second-order valence-electron chi connectivity index (χ2n) is 4.27. The number of thioether (sulfide) groups is 1. The number of aromatic nitrogens is 2. The monoisotopic (exact) mass is 307 g/mol. The molecule has 0 amide bonds. The van der Waals surface area contributed by atoms with Gasteiger partial charge in [-0.05, 0) is 32.0 Å². The second kappa shape index (κ2) is 7.24. The summed E-state index contributed by atoms with van der Waals surface area (Å²) in [5, 5.41) is 8.15. The summed E-state index contributed by atoms with van der Waals surface area (Å²) >= 11 is 1.38. The molecule has 0 radical (unpaired) electrons. The van der Waals surface area contributed by atoms with Gasteiger partial charge in [0, 0.05) is 16.9 Å². The molecule has 112 valence electrons. The van der Waals surface area contributed by atoms with E-state index in [0.717, 1.165) is 11.3 Å². The third-order valence-electron chi connectivity index (χ3n) is 2.74. The van der Waals surface area contributed by atoms with E-state index in [0.29, 0.717) is 29.0 Å². The molecular weight excluding hydrogens is 290 g/mol. The van der Waals surface area contributed by atoms with Crippen LogP contribution in [0.2, 0.25) is 0 Å². The first-order valence-electron chi connectivity index (χ1n) is 6.56. The molecule has 0 aliphatic rings. The van der Waals surface area contributed by atoms with Crippen molar-refractivity contribution in [3.63, 3.8) is 0 Å². The van der Waals surface area contributed by atoms with Gasteiger partial charge >= 0.3 is 0 Å². The topological polar surface area (TPSA) is 91.2 Å². The zero-order valence-electron chi connectivity index (χ0n) is 12.0. The Balaban J connectivity index is 2.15. The Morgan fingerprint density at radius 2 is 2.24 bits per heavy atom. The van der Waals surface area contributed by atoms with Crippen molar-refractivity contribution in [2.45, 2.75) is 31.4 Å². The Morgan fingerprint density at radius 3 is 2.86 bits per heavy atom. The van der Waals surface area contributed by atoms with Gasteiger partial charge in [-0.25, -0.2) is 0 Å². The normalized spacial score (nSPS) is 10.6. The van der Waals surface area contributed by atoms with Crippen molar-refractivity contribution >= 4 is 17.5 Å². The van der Waals surface area contributed by atoms with E-state index in [1.807, 2.05) is 19.1 Å². The van der Waals surface area contributed by atoms with Crippen molar-refractivity contribution in [3.8, 4) is 5.75 Å². The van der Waals surface area contributed by atoms with Gasteiger partial charge in [0.1, 0.15) is 5.75 Å². The number of carbonyl (C=O) groups excluding carboxylic acids is 1. The molecule has 1 heterocycles. The summed E-state index contributed by atoms with van der Waals surface area (Å²) < 4.78 is 10.9. The van der Waals surface area contributed by atoms with Crippen LogP contribution in [0.4, 0.5) is 0 Å². The fraction of sp³-hybridized carbons (Fsp3) is 0.357. The molecule has 0 aliphatic carbocycles. The van der Waals surface area contributed by atoms with E-state index in [1.54, 1.807) is 6.07 Å². The van der Waals surface area contributed by atoms with Crippen LogP contribution in [0, 0.1) is 0 Å². The average Bonchev–Trinajstić information content (AvgIpc) is 2.94. The van der Waals surface area contributed by atoms with Gasteiger partial charge in [0.05, 0.1) is 13.2 Å². The molecule has 0 saturated carbocycles. The number of hydrogen-bond donors (Lipinski definition) is 1. The number of ether oxygens (including phenoxy) is 1. The first kappa shape index (κ1) is 15.5. The lowest BCUT2D eigenvalue weighted by Gasteiger charge is -2.10. The second-order valence-corrected chi connectivity index (χ2v) is 5.19. The molecule has 0 saturated heterocycles. The van der Waals surface area contributed by atoms with Crippen LogP contribution in [-0.4, -0.2) is 22.6 Å². The Kier molecular flexibility index (Phi) is 5.35. The maximum atomic E-state index is 11.5. The van der Waals surface area contributed by atoms with Gasteiger partial charge in [0.2, 0.25) is 5.89 Å². The number of Topliss-reactive ketones (excluding diaryl/α,β-unsaturated/α-hetero) is 1. The lowest BCUT2D eigenvalue weighted by atomic mass is 10.1. The van der Waals surface area contributed by atoms with Crippen LogP contribution < -0.4 is 10.5 Å². The zero-order chi connectivity index (χ0) is 15.2. The summed E-state index contributed by atoms with van der Waals surface area (Å²) in [6.07, 6.45) is 0. The molecule has 7 heteroatoms. The Hall–Kier alpha value is -1.86. The third kappa shape index (κ3) is 4.05. The van der Waals surface area contributed by atoms with Crippen molar-refractivity contribution in [1.82, 2.24) is 10.2 Å². The average molecular weight is 307 g/mol. The van der Waals surface area contributed by atoms with Gasteiger partial charge < -0.3 is 14.9 Å². The maximum absolute atomic E-state index is 11.5. The van der Waals surface area contributed by atoms with Crippen LogP contribution in [-0.2, 0) is 12.3 Å². The van der Waals surface area contributed by atoms with Crippen LogP contribution in [0.15, 0.2) is 27.8 Å².